The summed E-state index contributed by atoms with van der Waals surface area (Å²) in [5.74, 6) is 0. The van der Waals surface area contributed by atoms with Crippen molar-refractivity contribution < 1.29 is 8.78 Å². The summed E-state index contributed by atoms with van der Waals surface area (Å²) in [7, 11) is 0. The largest absolute Gasteiger partial charge is 0.361 e. The van der Waals surface area contributed by atoms with Crippen LogP contribution in [-0.4, -0.2) is 26.0 Å². The van der Waals surface area contributed by atoms with Crippen molar-refractivity contribution in [1.82, 2.24) is 20.0 Å². The van der Waals surface area contributed by atoms with E-state index < -0.39 is 12.0 Å². The number of aromatic amines is 1. The number of nitrogens with zero attached hydrogens (tertiary/aromatic N) is 5. The minimum absolute atomic E-state index is 0.0251. The van der Waals surface area contributed by atoms with Crippen LogP contribution in [0.4, 0.5) is 14.5 Å². The number of hydrogen-bond acceptors (Lipinski definition) is 5. The van der Waals surface area contributed by atoms with Crippen LogP contribution in [-0.2, 0) is 19.5 Å². The second-order valence-electron chi connectivity index (χ2n) is 7.12. The first kappa shape index (κ1) is 20.0. The minimum Gasteiger partial charge on any atom is -0.361 e. The smallest absolute Gasteiger partial charge is 0.285 e. The van der Waals surface area contributed by atoms with Crippen LogP contribution in [0.25, 0.3) is 0 Å². The number of anilines is 1. The summed E-state index contributed by atoms with van der Waals surface area (Å²) in [6.45, 7) is 2.41. The molecule has 3 heterocycles. The maximum atomic E-state index is 13.4. The molecule has 2 aromatic heterocycles. The fourth-order valence-electron chi connectivity index (χ4n) is 3.81. The summed E-state index contributed by atoms with van der Waals surface area (Å²) >= 11 is 6.17. The van der Waals surface area contributed by atoms with Crippen molar-refractivity contribution >= 4 is 17.3 Å². The van der Waals surface area contributed by atoms with E-state index in [0.717, 1.165) is 5.69 Å². The summed E-state index contributed by atoms with van der Waals surface area (Å²) < 4.78 is 28.4. The molecule has 0 spiro atoms. The average molecular weight is 431 g/mol. The van der Waals surface area contributed by atoms with Gasteiger partial charge in [0, 0.05) is 35.8 Å². The van der Waals surface area contributed by atoms with Crippen LogP contribution in [0, 0.1) is 11.3 Å². The molecule has 0 fully saturated rings. The van der Waals surface area contributed by atoms with Gasteiger partial charge >= 0.3 is 0 Å². The summed E-state index contributed by atoms with van der Waals surface area (Å²) in [5, 5.41) is 20.1. The second kappa shape index (κ2) is 7.88. The van der Waals surface area contributed by atoms with Crippen LogP contribution >= 0.6 is 11.6 Å². The van der Waals surface area contributed by atoms with Crippen LogP contribution in [0.2, 0.25) is 5.02 Å². The number of nitriles is 1. The van der Waals surface area contributed by atoms with E-state index in [2.05, 4.69) is 21.4 Å². The predicted molar refractivity (Wildman–Crippen MR) is 107 cm³/mol. The first-order chi connectivity index (χ1) is 14.4. The fraction of sp³-hybridized carbons (Fsp3) is 0.300. The van der Waals surface area contributed by atoms with Gasteiger partial charge in [0.2, 0.25) is 0 Å². The molecule has 0 saturated heterocycles. The Bertz CT molecular complexity index is 1200. The standard InChI is InChI=1S/C20H17ClF2N6O/c1-11-6-16-14(10-28(11)17-8-25-26-20(30)18(17)21)15(7-24)27-29(16)9-12-4-2-3-5-13(12)19(22)23/h2-5,8,11,19H,6,9-10H2,1H3,(H,26,30)/t11-/m0/s1. The normalized spacial score (nSPS) is 15.9. The Morgan fingerprint density at radius 3 is 2.90 bits per heavy atom. The van der Waals surface area contributed by atoms with Gasteiger partial charge in [0.05, 0.1) is 18.4 Å². The molecule has 0 radical (unpaired) electrons. The first-order valence-corrected chi connectivity index (χ1v) is 9.63. The molecule has 0 saturated carbocycles. The molecule has 30 heavy (non-hydrogen) atoms. The van der Waals surface area contributed by atoms with Crippen molar-refractivity contribution in [2.45, 2.75) is 38.9 Å². The molecule has 0 unspecified atom stereocenters. The molecule has 0 amide bonds. The number of H-pyrrole nitrogens is 1. The van der Waals surface area contributed by atoms with E-state index in [-0.39, 0.29) is 28.9 Å². The van der Waals surface area contributed by atoms with Gasteiger partial charge in [-0.2, -0.15) is 15.5 Å². The van der Waals surface area contributed by atoms with Crippen LogP contribution in [0.1, 0.15) is 41.4 Å². The lowest BCUT2D eigenvalue weighted by atomic mass is 9.98. The third kappa shape index (κ3) is 3.44. The van der Waals surface area contributed by atoms with Crippen molar-refractivity contribution in [1.29, 1.82) is 5.26 Å². The Labute approximate surface area is 175 Å². The molecular formula is C20H17ClF2N6O. The van der Waals surface area contributed by atoms with Gasteiger partial charge in [-0.15, -0.1) is 0 Å². The molecule has 0 aliphatic carbocycles. The van der Waals surface area contributed by atoms with Crippen molar-refractivity contribution in [3.8, 4) is 6.07 Å². The van der Waals surface area contributed by atoms with E-state index >= 15 is 0 Å². The van der Waals surface area contributed by atoms with Gasteiger partial charge in [0.15, 0.2) is 5.69 Å². The zero-order valence-corrected chi connectivity index (χ0v) is 16.7. The number of alkyl halides is 2. The Morgan fingerprint density at radius 1 is 1.40 bits per heavy atom. The highest BCUT2D eigenvalue weighted by Gasteiger charge is 2.31. The topological polar surface area (TPSA) is 90.6 Å². The number of nitrogens with one attached hydrogen (secondary N) is 1. The van der Waals surface area contributed by atoms with Gasteiger partial charge in [0.1, 0.15) is 11.1 Å². The summed E-state index contributed by atoms with van der Waals surface area (Å²) in [4.78, 5) is 13.7. The van der Waals surface area contributed by atoms with Gasteiger partial charge in [-0.05, 0) is 12.5 Å². The molecule has 10 heteroatoms. The molecule has 1 N–H and O–H groups in total. The molecule has 1 aliphatic rings. The number of hydrogen-bond donors (Lipinski definition) is 1. The maximum absolute atomic E-state index is 13.4. The third-order valence-electron chi connectivity index (χ3n) is 5.32. The van der Waals surface area contributed by atoms with E-state index in [1.54, 1.807) is 22.9 Å². The van der Waals surface area contributed by atoms with Gasteiger partial charge in [-0.3, -0.25) is 9.48 Å². The number of halogens is 3. The highest BCUT2D eigenvalue weighted by molar-refractivity contribution is 6.33. The minimum atomic E-state index is -2.59. The molecule has 154 valence electrons. The van der Waals surface area contributed by atoms with Crippen molar-refractivity contribution in [2.24, 2.45) is 0 Å². The van der Waals surface area contributed by atoms with Crippen LogP contribution in [0.3, 0.4) is 0 Å². The number of fused-ring (bicyclic) bond motifs is 1. The molecule has 1 aromatic carbocycles. The Balaban J connectivity index is 1.74. The Morgan fingerprint density at radius 2 is 2.17 bits per heavy atom. The lowest BCUT2D eigenvalue weighted by Crippen LogP contribution is -2.40. The number of aromatic nitrogens is 4. The molecule has 3 aromatic rings. The molecule has 7 nitrogen and oxygen atoms in total. The molecule has 0 bridgehead atoms. The lowest BCUT2D eigenvalue weighted by Gasteiger charge is -2.35. The van der Waals surface area contributed by atoms with Gasteiger partial charge < -0.3 is 4.90 Å². The van der Waals surface area contributed by atoms with Crippen LogP contribution in [0.5, 0.6) is 0 Å². The third-order valence-corrected chi connectivity index (χ3v) is 5.68. The van der Waals surface area contributed by atoms with Gasteiger partial charge in [-0.25, -0.2) is 13.9 Å². The SMILES string of the molecule is C[C@H]1Cc2c(c(C#N)nn2Cc2ccccc2C(F)F)CN1c1cn[nH]c(=O)c1Cl. The Hall–Kier alpha value is -3.25. The number of benzene rings is 1. The average Bonchev–Trinajstić information content (AvgIpc) is 3.06. The summed E-state index contributed by atoms with van der Waals surface area (Å²) in [6, 6.07) is 8.32. The molecule has 1 atom stereocenters. The van der Waals surface area contributed by atoms with Crippen molar-refractivity contribution in [2.75, 3.05) is 4.90 Å². The Kier molecular flexibility index (Phi) is 5.26. The maximum Gasteiger partial charge on any atom is 0.285 e. The van der Waals surface area contributed by atoms with E-state index in [1.165, 1.54) is 12.3 Å². The zero-order valence-electron chi connectivity index (χ0n) is 15.9. The highest BCUT2D eigenvalue weighted by Crippen LogP contribution is 2.33. The monoisotopic (exact) mass is 430 g/mol. The molecule has 1 aliphatic heterocycles. The van der Waals surface area contributed by atoms with E-state index in [4.69, 9.17) is 11.6 Å². The zero-order chi connectivity index (χ0) is 21.4. The van der Waals surface area contributed by atoms with Crippen molar-refractivity contribution in [3.63, 3.8) is 0 Å². The fourth-order valence-corrected chi connectivity index (χ4v) is 4.01. The van der Waals surface area contributed by atoms with E-state index in [1.807, 2.05) is 11.8 Å². The number of rotatable bonds is 4. The summed E-state index contributed by atoms with van der Waals surface area (Å²) in [6.07, 6.45) is -0.617. The molecule has 4 rings (SSSR count). The van der Waals surface area contributed by atoms with E-state index in [9.17, 15) is 18.8 Å². The molecular weight excluding hydrogens is 414 g/mol. The summed E-state index contributed by atoms with van der Waals surface area (Å²) in [5.41, 5.74) is 2.12. The second-order valence-corrected chi connectivity index (χ2v) is 7.50. The lowest BCUT2D eigenvalue weighted by molar-refractivity contribution is 0.150. The van der Waals surface area contributed by atoms with Gasteiger partial charge in [0.25, 0.3) is 12.0 Å². The predicted octanol–water partition coefficient (Wildman–Crippen LogP) is 3.43. The highest BCUT2D eigenvalue weighted by atomic mass is 35.5. The first-order valence-electron chi connectivity index (χ1n) is 9.25. The van der Waals surface area contributed by atoms with Crippen LogP contribution in [0.15, 0.2) is 35.3 Å². The quantitative estimate of drug-likeness (QED) is 0.684. The van der Waals surface area contributed by atoms with Gasteiger partial charge in [-0.1, -0.05) is 35.9 Å². The van der Waals surface area contributed by atoms with E-state index in [0.29, 0.717) is 29.8 Å². The van der Waals surface area contributed by atoms with Crippen molar-refractivity contribution in [3.05, 3.63) is 73.9 Å². The van der Waals surface area contributed by atoms with Crippen LogP contribution < -0.4 is 10.5 Å².